The number of nitrogens with two attached hydrogens (primary N) is 1. The van der Waals surface area contributed by atoms with E-state index < -0.39 is 0 Å². The van der Waals surface area contributed by atoms with Gasteiger partial charge in [0.1, 0.15) is 11.4 Å². The summed E-state index contributed by atoms with van der Waals surface area (Å²) in [6, 6.07) is 5.56. The zero-order valence-corrected chi connectivity index (χ0v) is 9.61. The Morgan fingerprint density at radius 3 is 2.94 bits per heavy atom. The molecule has 0 bridgehead atoms. The average Bonchev–Trinajstić information content (AvgIpc) is 2.68. The van der Waals surface area contributed by atoms with E-state index in [2.05, 4.69) is 5.10 Å². The summed E-state index contributed by atoms with van der Waals surface area (Å²) >= 11 is 5.81. The molecular formula is C11H12ClN3O. The van der Waals surface area contributed by atoms with Crippen molar-refractivity contribution in [3.8, 4) is 11.4 Å². The molecule has 2 rings (SSSR count). The molecule has 0 aliphatic carbocycles. The molecule has 1 aromatic heterocycles. The SMILES string of the molecule is CCOc1cccc(-n2cc(Cl)cn2)c1N. The van der Waals surface area contributed by atoms with Crippen molar-refractivity contribution in [1.29, 1.82) is 0 Å². The second kappa shape index (κ2) is 4.45. The van der Waals surface area contributed by atoms with E-state index >= 15 is 0 Å². The number of benzene rings is 1. The highest BCUT2D eigenvalue weighted by molar-refractivity contribution is 6.30. The van der Waals surface area contributed by atoms with Gasteiger partial charge in [-0.2, -0.15) is 5.10 Å². The van der Waals surface area contributed by atoms with Crippen molar-refractivity contribution >= 4 is 17.3 Å². The third kappa shape index (κ3) is 1.97. The van der Waals surface area contributed by atoms with Crippen molar-refractivity contribution in [3.63, 3.8) is 0 Å². The molecule has 0 aliphatic heterocycles. The van der Waals surface area contributed by atoms with Gasteiger partial charge in [0, 0.05) is 6.20 Å². The molecule has 5 heteroatoms. The fourth-order valence-corrected chi connectivity index (χ4v) is 1.58. The molecule has 0 unspecified atom stereocenters. The van der Waals surface area contributed by atoms with E-state index in [9.17, 15) is 0 Å². The number of halogens is 1. The van der Waals surface area contributed by atoms with Crippen molar-refractivity contribution in [2.24, 2.45) is 0 Å². The van der Waals surface area contributed by atoms with E-state index in [0.717, 1.165) is 5.69 Å². The van der Waals surface area contributed by atoms with Gasteiger partial charge in [-0.1, -0.05) is 17.7 Å². The monoisotopic (exact) mass is 237 g/mol. The zero-order chi connectivity index (χ0) is 11.5. The molecule has 0 saturated heterocycles. The van der Waals surface area contributed by atoms with Gasteiger partial charge in [-0.25, -0.2) is 4.68 Å². The molecule has 2 aromatic rings. The van der Waals surface area contributed by atoms with E-state index in [0.29, 0.717) is 23.1 Å². The number of anilines is 1. The largest absolute Gasteiger partial charge is 0.492 e. The first-order valence-electron chi connectivity index (χ1n) is 4.94. The van der Waals surface area contributed by atoms with Crippen LogP contribution in [0.5, 0.6) is 5.75 Å². The summed E-state index contributed by atoms with van der Waals surface area (Å²) in [7, 11) is 0. The number of hydrogen-bond donors (Lipinski definition) is 1. The quantitative estimate of drug-likeness (QED) is 0.835. The normalized spacial score (nSPS) is 10.4. The molecule has 1 heterocycles. The fraction of sp³-hybridized carbons (Fsp3) is 0.182. The lowest BCUT2D eigenvalue weighted by Crippen LogP contribution is -2.03. The number of aromatic nitrogens is 2. The Labute approximate surface area is 98.6 Å². The highest BCUT2D eigenvalue weighted by atomic mass is 35.5. The second-order valence-corrected chi connectivity index (χ2v) is 3.66. The van der Waals surface area contributed by atoms with Crippen molar-refractivity contribution in [2.45, 2.75) is 6.92 Å². The van der Waals surface area contributed by atoms with E-state index in [1.54, 1.807) is 17.1 Å². The average molecular weight is 238 g/mol. The van der Waals surface area contributed by atoms with Crippen LogP contribution in [0.3, 0.4) is 0 Å². The van der Waals surface area contributed by atoms with E-state index in [1.165, 1.54) is 0 Å². The predicted molar refractivity (Wildman–Crippen MR) is 64.2 cm³/mol. The zero-order valence-electron chi connectivity index (χ0n) is 8.85. The Kier molecular flexibility index (Phi) is 3.01. The van der Waals surface area contributed by atoms with Crippen molar-refractivity contribution in [2.75, 3.05) is 12.3 Å². The Bertz CT molecular complexity index is 496. The summed E-state index contributed by atoms with van der Waals surface area (Å²) < 4.78 is 7.03. The van der Waals surface area contributed by atoms with Crippen LogP contribution >= 0.6 is 11.6 Å². The molecule has 0 fully saturated rings. The van der Waals surface area contributed by atoms with Crippen LogP contribution in [-0.2, 0) is 0 Å². The minimum absolute atomic E-state index is 0.559. The Hall–Kier alpha value is -1.68. The molecule has 0 amide bonds. The smallest absolute Gasteiger partial charge is 0.144 e. The number of rotatable bonds is 3. The van der Waals surface area contributed by atoms with Gasteiger partial charge < -0.3 is 10.5 Å². The van der Waals surface area contributed by atoms with Crippen molar-refractivity contribution in [1.82, 2.24) is 9.78 Å². The lowest BCUT2D eigenvalue weighted by Gasteiger charge is -2.10. The fourth-order valence-electron chi connectivity index (χ4n) is 1.45. The standard InChI is InChI=1S/C11H12ClN3O/c1-2-16-10-5-3-4-9(11(10)13)15-7-8(12)6-14-15/h3-7H,2,13H2,1H3. The van der Waals surface area contributed by atoms with Gasteiger partial charge in [-0.3, -0.25) is 0 Å². The number of ether oxygens (including phenoxy) is 1. The van der Waals surface area contributed by atoms with Crippen LogP contribution in [0, 0.1) is 0 Å². The second-order valence-electron chi connectivity index (χ2n) is 3.23. The maximum atomic E-state index is 5.98. The summed E-state index contributed by atoms with van der Waals surface area (Å²) in [6.07, 6.45) is 3.26. The third-order valence-electron chi connectivity index (χ3n) is 2.14. The Balaban J connectivity index is 2.45. The highest BCUT2D eigenvalue weighted by Gasteiger charge is 2.08. The topological polar surface area (TPSA) is 53.1 Å². The van der Waals surface area contributed by atoms with E-state index in [1.807, 2.05) is 25.1 Å². The van der Waals surface area contributed by atoms with Crippen molar-refractivity contribution < 1.29 is 4.74 Å². The Morgan fingerprint density at radius 1 is 1.50 bits per heavy atom. The summed E-state index contributed by atoms with van der Waals surface area (Å²) in [5.74, 6) is 0.659. The first-order valence-corrected chi connectivity index (χ1v) is 5.32. The molecule has 0 radical (unpaired) electrons. The molecule has 0 saturated carbocycles. The first kappa shape index (κ1) is 10.8. The number of nitrogens with zero attached hydrogens (tertiary/aromatic N) is 2. The molecule has 84 valence electrons. The van der Waals surface area contributed by atoms with E-state index in [-0.39, 0.29) is 0 Å². The molecule has 0 atom stereocenters. The summed E-state index contributed by atoms with van der Waals surface area (Å²) in [5.41, 5.74) is 7.30. The van der Waals surface area contributed by atoms with Gasteiger partial charge in [0.15, 0.2) is 0 Å². The lowest BCUT2D eigenvalue weighted by atomic mass is 10.2. The minimum Gasteiger partial charge on any atom is -0.492 e. The van der Waals surface area contributed by atoms with Gasteiger partial charge in [0.25, 0.3) is 0 Å². The molecule has 2 N–H and O–H groups in total. The summed E-state index contributed by atoms with van der Waals surface area (Å²) in [6.45, 7) is 2.49. The predicted octanol–water partition coefficient (Wildman–Crippen LogP) is 2.51. The lowest BCUT2D eigenvalue weighted by molar-refractivity contribution is 0.342. The maximum Gasteiger partial charge on any atom is 0.144 e. The molecule has 4 nitrogen and oxygen atoms in total. The highest BCUT2D eigenvalue weighted by Crippen LogP contribution is 2.28. The van der Waals surface area contributed by atoms with Crippen LogP contribution < -0.4 is 10.5 Å². The van der Waals surface area contributed by atoms with Gasteiger partial charge in [-0.05, 0) is 19.1 Å². The van der Waals surface area contributed by atoms with E-state index in [4.69, 9.17) is 22.1 Å². The van der Waals surface area contributed by atoms with Crippen LogP contribution in [-0.4, -0.2) is 16.4 Å². The van der Waals surface area contributed by atoms with Gasteiger partial charge in [0.05, 0.1) is 23.5 Å². The number of hydrogen-bond acceptors (Lipinski definition) is 3. The van der Waals surface area contributed by atoms with Gasteiger partial charge in [0.2, 0.25) is 0 Å². The minimum atomic E-state index is 0.559. The van der Waals surface area contributed by atoms with Crippen molar-refractivity contribution in [3.05, 3.63) is 35.6 Å². The molecule has 16 heavy (non-hydrogen) atoms. The molecule has 1 aromatic carbocycles. The van der Waals surface area contributed by atoms with Crippen LogP contribution in [0.15, 0.2) is 30.6 Å². The number of nitrogen functional groups attached to an aromatic ring is 1. The number of para-hydroxylation sites is 1. The van der Waals surface area contributed by atoms with Crippen LogP contribution in [0.4, 0.5) is 5.69 Å². The van der Waals surface area contributed by atoms with Gasteiger partial charge >= 0.3 is 0 Å². The third-order valence-corrected chi connectivity index (χ3v) is 2.34. The maximum absolute atomic E-state index is 5.98. The molecule has 0 spiro atoms. The summed E-state index contributed by atoms with van der Waals surface area (Å²) in [5, 5.41) is 4.67. The molecule has 0 aliphatic rings. The first-order chi connectivity index (χ1) is 7.72. The van der Waals surface area contributed by atoms with Crippen LogP contribution in [0.25, 0.3) is 5.69 Å². The van der Waals surface area contributed by atoms with Crippen LogP contribution in [0.1, 0.15) is 6.92 Å². The Morgan fingerprint density at radius 2 is 2.31 bits per heavy atom. The van der Waals surface area contributed by atoms with Crippen LogP contribution in [0.2, 0.25) is 5.02 Å². The molecular weight excluding hydrogens is 226 g/mol. The summed E-state index contributed by atoms with van der Waals surface area (Å²) in [4.78, 5) is 0. The van der Waals surface area contributed by atoms with Gasteiger partial charge in [-0.15, -0.1) is 0 Å².